The summed E-state index contributed by atoms with van der Waals surface area (Å²) in [5.74, 6) is -0.209. The number of nitrogens with zero attached hydrogens (tertiary/aromatic N) is 2. The molecule has 3 rings (SSSR count). The molecule has 0 fully saturated rings. The Hall–Kier alpha value is -3.96. The molecule has 0 aromatic heterocycles. The first-order valence-corrected chi connectivity index (χ1v) is 16.0. The van der Waals surface area contributed by atoms with E-state index in [0.29, 0.717) is 18.6 Å². The van der Waals surface area contributed by atoms with Crippen molar-refractivity contribution in [3.05, 3.63) is 77.3 Å². The van der Waals surface area contributed by atoms with Gasteiger partial charge in [0, 0.05) is 23.7 Å². The first-order valence-electron chi connectivity index (χ1n) is 14.2. The Morgan fingerprint density at radius 3 is 2.14 bits per heavy atom. The number of methoxy groups -OCH3 is 3. The molecular formula is C32H40ClN3O7S. The molecule has 12 heteroatoms. The molecule has 0 spiro atoms. The van der Waals surface area contributed by atoms with E-state index in [4.69, 9.17) is 25.8 Å². The quantitative estimate of drug-likeness (QED) is 0.249. The van der Waals surface area contributed by atoms with Gasteiger partial charge in [-0.25, -0.2) is 8.42 Å². The largest absolute Gasteiger partial charge is 0.495 e. The summed E-state index contributed by atoms with van der Waals surface area (Å²) in [5.41, 5.74) is 1.02. The molecule has 3 aromatic carbocycles. The Labute approximate surface area is 264 Å². The van der Waals surface area contributed by atoms with Gasteiger partial charge in [0.25, 0.3) is 10.0 Å². The summed E-state index contributed by atoms with van der Waals surface area (Å²) in [4.78, 5) is 28.6. The number of sulfonamides is 1. The fourth-order valence-electron chi connectivity index (χ4n) is 4.51. The van der Waals surface area contributed by atoms with Crippen molar-refractivity contribution in [3.8, 4) is 17.2 Å². The molecule has 0 bridgehead atoms. The first-order chi connectivity index (χ1) is 21.0. The third-order valence-electron chi connectivity index (χ3n) is 7.28. The topological polar surface area (TPSA) is 114 Å². The van der Waals surface area contributed by atoms with Crippen molar-refractivity contribution < 1.29 is 32.2 Å². The number of amides is 2. The smallest absolute Gasteiger partial charge is 0.265 e. The van der Waals surface area contributed by atoms with E-state index >= 15 is 0 Å². The van der Waals surface area contributed by atoms with Crippen molar-refractivity contribution in [1.82, 2.24) is 10.2 Å². The van der Waals surface area contributed by atoms with Crippen LogP contribution in [0.3, 0.4) is 0 Å². The van der Waals surface area contributed by atoms with Gasteiger partial charge in [-0.15, -0.1) is 0 Å². The molecule has 2 atom stereocenters. The van der Waals surface area contributed by atoms with Crippen molar-refractivity contribution in [2.45, 2.75) is 50.6 Å². The number of carbonyl (C=O) groups excluding carboxylic acids is 2. The summed E-state index contributed by atoms with van der Waals surface area (Å²) in [6, 6.07) is 17.2. The second-order valence-electron chi connectivity index (χ2n) is 10.2. The zero-order valence-corrected chi connectivity index (χ0v) is 27.4. The van der Waals surface area contributed by atoms with Gasteiger partial charge in [-0.1, -0.05) is 48.9 Å². The Morgan fingerprint density at radius 1 is 0.886 bits per heavy atom. The van der Waals surface area contributed by atoms with Crippen LogP contribution in [-0.4, -0.2) is 71.6 Å². The Balaban J connectivity index is 2.10. The lowest BCUT2D eigenvalue weighted by Crippen LogP contribution is -2.53. The normalized spacial score (nSPS) is 12.5. The monoisotopic (exact) mass is 645 g/mol. The lowest BCUT2D eigenvalue weighted by Gasteiger charge is -2.33. The van der Waals surface area contributed by atoms with E-state index in [0.717, 1.165) is 9.87 Å². The molecule has 0 aliphatic heterocycles. The molecule has 0 aliphatic carbocycles. The summed E-state index contributed by atoms with van der Waals surface area (Å²) in [7, 11) is -0.187. The number of carbonyl (C=O) groups is 2. The van der Waals surface area contributed by atoms with Crippen molar-refractivity contribution in [1.29, 1.82) is 0 Å². The Kier molecular flexibility index (Phi) is 12.3. The molecule has 0 saturated carbocycles. The van der Waals surface area contributed by atoms with Gasteiger partial charge in [0.05, 0.1) is 31.9 Å². The molecule has 0 heterocycles. The number of halogens is 1. The summed E-state index contributed by atoms with van der Waals surface area (Å²) in [5, 5.41) is 3.16. The van der Waals surface area contributed by atoms with E-state index in [1.54, 1.807) is 13.0 Å². The molecule has 2 amide bonds. The van der Waals surface area contributed by atoms with Gasteiger partial charge in [0.1, 0.15) is 18.3 Å². The van der Waals surface area contributed by atoms with E-state index in [1.807, 2.05) is 44.2 Å². The minimum absolute atomic E-state index is 0.0582. The van der Waals surface area contributed by atoms with Gasteiger partial charge < -0.3 is 24.4 Å². The number of hydrogen-bond acceptors (Lipinski definition) is 7. The van der Waals surface area contributed by atoms with Crippen LogP contribution in [0.15, 0.2) is 71.6 Å². The highest BCUT2D eigenvalue weighted by Gasteiger charge is 2.34. The van der Waals surface area contributed by atoms with Crippen LogP contribution in [0.5, 0.6) is 17.2 Å². The van der Waals surface area contributed by atoms with Crippen LogP contribution < -0.4 is 23.8 Å². The molecule has 0 radical (unpaired) electrons. The minimum atomic E-state index is -4.41. The van der Waals surface area contributed by atoms with E-state index in [2.05, 4.69) is 5.32 Å². The number of rotatable bonds is 15. The standard InChI is InChI=1S/C32H40ClN3O7S/c1-7-22(2)34-32(38)23(3)35(18-17-24-11-9-8-10-12-24)31(37)21-36(27-19-25(33)13-15-28(27)41-4)44(39,40)26-14-16-29(42-5)30(20-26)43-6/h8-16,19-20,22-23H,7,17-18,21H2,1-6H3,(H,34,38)/t22-,23+/m1/s1. The Bertz CT molecular complexity index is 1540. The van der Waals surface area contributed by atoms with E-state index in [-0.39, 0.29) is 45.6 Å². The zero-order chi connectivity index (χ0) is 32.4. The predicted octanol–water partition coefficient (Wildman–Crippen LogP) is 4.94. The summed E-state index contributed by atoms with van der Waals surface area (Å²) in [6.07, 6.45) is 1.17. The van der Waals surface area contributed by atoms with E-state index < -0.39 is 28.5 Å². The lowest BCUT2D eigenvalue weighted by molar-refractivity contribution is -0.139. The summed E-state index contributed by atoms with van der Waals surface area (Å²) in [6.45, 7) is 5.00. The highest BCUT2D eigenvalue weighted by atomic mass is 35.5. The minimum Gasteiger partial charge on any atom is -0.495 e. The lowest BCUT2D eigenvalue weighted by atomic mass is 10.1. The maximum absolute atomic E-state index is 14.3. The van der Waals surface area contributed by atoms with Gasteiger partial charge in [-0.2, -0.15) is 0 Å². The van der Waals surface area contributed by atoms with Gasteiger partial charge in [-0.3, -0.25) is 13.9 Å². The third kappa shape index (κ3) is 8.35. The van der Waals surface area contributed by atoms with Crippen LogP contribution in [0.1, 0.15) is 32.8 Å². The average Bonchev–Trinajstić information content (AvgIpc) is 3.03. The van der Waals surface area contributed by atoms with Crippen LogP contribution in [0.4, 0.5) is 5.69 Å². The number of hydrogen-bond donors (Lipinski definition) is 1. The molecule has 0 aliphatic rings. The van der Waals surface area contributed by atoms with Crippen molar-refractivity contribution in [2.75, 3.05) is 38.7 Å². The van der Waals surface area contributed by atoms with Crippen LogP contribution in [0.25, 0.3) is 0 Å². The van der Waals surface area contributed by atoms with Crippen LogP contribution >= 0.6 is 11.6 Å². The SMILES string of the molecule is CC[C@@H](C)NC(=O)[C@H](C)N(CCc1ccccc1)C(=O)CN(c1cc(Cl)ccc1OC)S(=O)(=O)c1ccc(OC)c(OC)c1. The van der Waals surface area contributed by atoms with Crippen molar-refractivity contribution in [2.24, 2.45) is 0 Å². The average molecular weight is 646 g/mol. The highest BCUT2D eigenvalue weighted by Crippen LogP contribution is 2.37. The number of benzene rings is 3. The Morgan fingerprint density at radius 2 is 1.52 bits per heavy atom. The van der Waals surface area contributed by atoms with E-state index in [1.165, 1.54) is 56.6 Å². The molecular weight excluding hydrogens is 606 g/mol. The molecule has 238 valence electrons. The van der Waals surface area contributed by atoms with Gasteiger partial charge in [-0.05, 0) is 62.6 Å². The van der Waals surface area contributed by atoms with Gasteiger partial charge in [0.2, 0.25) is 11.8 Å². The van der Waals surface area contributed by atoms with Gasteiger partial charge in [0.15, 0.2) is 11.5 Å². The molecule has 0 saturated heterocycles. The summed E-state index contributed by atoms with van der Waals surface area (Å²) >= 11 is 6.31. The van der Waals surface area contributed by atoms with E-state index in [9.17, 15) is 18.0 Å². The fourth-order valence-corrected chi connectivity index (χ4v) is 6.11. The maximum Gasteiger partial charge on any atom is 0.265 e. The molecule has 10 nitrogen and oxygen atoms in total. The van der Waals surface area contributed by atoms with Crippen LogP contribution in [-0.2, 0) is 26.0 Å². The second-order valence-corrected chi connectivity index (χ2v) is 12.5. The fraction of sp³-hybridized carbons (Fsp3) is 0.375. The van der Waals surface area contributed by atoms with Crippen LogP contribution in [0, 0.1) is 0 Å². The third-order valence-corrected chi connectivity index (χ3v) is 9.27. The molecule has 3 aromatic rings. The van der Waals surface area contributed by atoms with Crippen molar-refractivity contribution >= 4 is 39.1 Å². The second kappa shape index (κ2) is 15.7. The van der Waals surface area contributed by atoms with Crippen molar-refractivity contribution in [3.63, 3.8) is 0 Å². The molecule has 44 heavy (non-hydrogen) atoms. The van der Waals surface area contributed by atoms with Crippen LogP contribution in [0.2, 0.25) is 5.02 Å². The number of nitrogens with one attached hydrogen (secondary N) is 1. The number of ether oxygens (including phenoxy) is 3. The molecule has 1 N–H and O–H groups in total. The highest BCUT2D eigenvalue weighted by molar-refractivity contribution is 7.92. The zero-order valence-electron chi connectivity index (χ0n) is 25.9. The first kappa shape index (κ1) is 34.5. The summed E-state index contributed by atoms with van der Waals surface area (Å²) < 4.78 is 45.6. The predicted molar refractivity (Wildman–Crippen MR) is 171 cm³/mol. The molecule has 0 unspecified atom stereocenters. The van der Waals surface area contributed by atoms with Gasteiger partial charge >= 0.3 is 0 Å². The maximum atomic E-state index is 14.3. The number of anilines is 1.